The molecule has 2 amide bonds. The van der Waals surface area contributed by atoms with Gasteiger partial charge in [0.05, 0.1) is 7.11 Å². The van der Waals surface area contributed by atoms with Crippen LogP contribution in [0.15, 0.2) is 48.5 Å². The molecule has 5 heteroatoms. The van der Waals surface area contributed by atoms with Gasteiger partial charge in [0.2, 0.25) is 0 Å². The van der Waals surface area contributed by atoms with Gasteiger partial charge in [-0.1, -0.05) is 24.3 Å². The second-order valence-electron chi connectivity index (χ2n) is 6.07. The first-order valence-electron chi connectivity index (χ1n) is 8.48. The molecule has 1 unspecified atom stereocenters. The molecule has 2 aromatic rings. The second kappa shape index (κ2) is 9.67. The monoisotopic (exact) mass is 344 g/mol. The quantitative estimate of drug-likeness (QED) is 0.767. The van der Waals surface area contributed by atoms with Crippen LogP contribution in [0.5, 0.6) is 5.75 Å². The first-order chi connectivity index (χ1) is 12.1. The molecule has 0 aromatic heterocycles. The lowest BCUT2D eigenvalue weighted by molar-refractivity contribution is 0.237. The molecule has 4 nitrogen and oxygen atoms in total. The Balaban J connectivity index is 1.65. The minimum Gasteiger partial charge on any atom is -0.497 e. The minimum atomic E-state index is -0.255. The zero-order valence-electron chi connectivity index (χ0n) is 14.7. The molecule has 0 aliphatic heterocycles. The van der Waals surface area contributed by atoms with E-state index in [2.05, 4.69) is 10.6 Å². The highest BCUT2D eigenvalue weighted by Gasteiger charge is 2.07. The fourth-order valence-electron chi connectivity index (χ4n) is 2.54. The molecule has 0 heterocycles. The molecule has 0 spiro atoms. The van der Waals surface area contributed by atoms with E-state index in [0.717, 1.165) is 24.2 Å². The van der Waals surface area contributed by atoms with Crippen LogP contribution >= 0.6 is 0 Å². The number of halogens is 1. The summed E-state index contributed by atoms with van der Waals surface area (Å²) in [6.07, 6.45) is 2.34. The Morgan fingerprint density at radius 3 is 2.56 bits per heavy atom. The van der Waals surface area contributed by atoms with Crippen molar-refractivity contribution in [2.24, 2.45) is 0 Å². The maximum atomic E-state index is 13.1. The van der Waals surface area contributed by atoms with Gasteiger partial charge in [-0.25, -0.2) is 9.18 Å². The maximum absolute atomic E-state index is 13.1. The van der Waals surface area contributed by atoms with E-state index in [0.29, 0.717) is 13.0 Å². The molecule has 2 aromatic carbocycles. The fourth-order valence-corrected chi connectivity index (χ4v) is 2.54. The van der Waals surface area contributed by atoms with E-state index in [1.54, 1.807) is 13.2 Å². The van der Waals surface area contributed by atoms with Crippen molar-refractivity contribution in [3.05, 3.63) is 65.5 Å². The van der Waals surface area contributed by atoms with Crippen LogP contribution in [0.25, 0.3) is 0 Å². The van der Waals surface area contributed by atoms with Gasteiger partial charge in [0.1, 0.15) is 11.6 Å². The van der Waals surface area contributed by atoms with Crippen molar-refractivity contribution in [1.82, 2.24) is 10.6 Å². The van der Waals surface area contributed by atoms with Crippen molar-refractivity contribution in [2.75, 3.05) is 13.7 Å². The van der Waals surface area contributed by atoms with E-state index in [9.17, 15) is 9.18 Å². The van der Waals surface area contributed by atoms with Gasteiger partial charge in [-0.3, -0.25) is 0 Å². The zero-order valence-corrected chi connectivity index (χ0v) is 14.7. The van der Waals surface area contributed by atoms with E-state index in [4.69, 9.17) is 4.74 Å². The highest BCUT2D eigenvalue weighted by Crippen LogP contribution is 2.13. The molecule has 0 fully saturated rings. The van der Waals surface area contributed by atoms with Crippen LogP contribution in [0.4, 0.5) is 9.18 Å². The van der Waals surface area contributed by atoms with E-state index in [1.807, 2.05) is 37.3 Å². The smallest absolute Gasteiger partial charge is 0.315 e. The molecule has 1 atom stereocenters. The molecule has 0 aliphatic rings. The van der Waals surface area contributed by atoms with Crippen LogP contribution in [-0.2, 0) is 12.8 Å². The molecule has 25 heavy (non-hydrogen) atoms. The SMILES string of the molecule is COc1ccc(CCC(C)NC(=O)NCCc2cccc(F)c2)cc1. The van der Waals surface area contributed by atoms with Crippen LogP contribution in [0.2, 0.25) is 0 Å². The van der Waals surface area contributed by atoms with Crippen molar-refractivity contribution in [3.63, 3.8) is 0 Å². The van der Waals surface area contributed by atoms with Crippen molar-refractivity contribution in [2.45, 2.75) is 32.2 Å². The Labute approximate surface area is 148 Å². The van der Waals surface area contributed by atoms with Gasteiger partial charge in [-0.05, 0) is 61.6 Å². The molecular formula is C20H25FN2O2. The number of carbonyl (C=O) groups excluding carboxylic acids is 1. The maximum Gasteiger partial charge on any atom is 0.315 e. The lowest BCUT2D eigenvalue weighted by Crippen LogP contribution is -2.41. The van der Waals surface area contributed by atoms with E-state index >= 15 is 0 Å². The summed E-state index contributed by atoms with van der Waals surface area (Å²) < 4.78 is 18.2. The summed E-state index contributed by atoms with van der Waals surface area (Å²) in [5.74, 6) is 0.585. The summed E-state index contributed by atoms with van der Waals surface area (Å²) >= 11 is 0. The highest BCUT2D eigenvalue weighted by molar-refractivity contribution is 5.74. The van der Waals surface area contributed by atoms with Crippen LogP contribution in [-0.4, -0.2) is 25.7 Å². The number of benzene rings is 2. The summed E-state index contributed by atoms with van der Waals surface area (Å²) in [4.78, 5) is 11.9. The average molecular weight is 344 g/mol. The summed E-state index contributed by atoms with van der Waals surface area (Å²) in [5, 5.41) is 5.73. The van der Waals surface area contributed by atoms with Crippen LogP contribution in [0.1, 0.15) is 24.5 Å². The normalized spacial score (nSPS) is 11.6. The molecule has 2 N–H and O–H groups in total. The van der Waals surface area contributed by atoms with Gasteiger partial charge in [-0.15, -0.1) is 0 Å². The largest absolute Gasteiger partial charge is 0.497 e. The fraction of sp³-hybridized carbons (Fsp3) is 0.350. The van der Waals surface area contributed by atoms with Crippen LogP contribution in [0, 0.1) is 5.82 Å². The van der Waals surface area contributed by atoms with Gasteiger partial charge in [-0.2, -0.15) is 0 Å². The number of nitrogens with one attached hydrogen (secondary N) is 2. The Bertz CT molecular complexity index is 674. The number of rotatable bonds is 8. The third kappa shape index (κ3) is 6.83. The predicted molar refractivity (Wildman–Crippen MR) is 97.4 cm³/mol. The summed E-state index contributed by atoms with van der Waals surface area (Å²) in [6.45, 7) is 2.45. The van der Waals surface area contributed by atoms with Crippen LogP contribution < -0.4 is 15.4 Å². The number of aryl methyl sites for hydroxylation is 1. The lowest BCUT2D eigenvalue weighted by atomic mass is 10.1. The predicted octanol–water partition coefficient (Wildman–Crippen LogP) is 3.70. The summed E-state index contributed by atoms with van der Waals surface area (Å²) in [7, 11) is 1.65. The molecular weight excluding hydrogens is 319 g/mol. The van der Waals surface area contributed by atoms with Gasteiger partial charge in [0.25, 0.3) is 0 Å². The van der Waals surface area contributed by atoms with E-state index in [1.165, 1.54) is 17.7 Å². The third-order valence-corrected chi connectivity index (χ3v) is 3.99. The highest BCUT2D eigenvalue weighted by atomic mass is 19.1. The van der Waals surface area contributed by atoms with Crippen molar-refractivity contribution >= 4 is 6.03 Å². The molecule has 0 radical (unpaired) electrons. The van der Waals surface area contributed by atoms with Gasteiger partial charge in [0, 0.05) is 12.6 Å². The third-order valence-electron chi connectivity index (χ3n) is 3.99. The standard InChI is InChI=1S/C20H25FN2O2/c1-15(6-7-16-8-10-19(25-2)11-9-16)23-20(24)22-13-12-17-4-3-5-18(21)14-17/h3-5,8-11,14-15H,6-7,12-13H2,1-2H3,(H2,22,23,24). The Morgan fingerprint density at radius 2 is 1.88 bits per heavy atom. The summed E-state index contributed by atoms with van der Waals surface area (Å²) in [5.41, 5.74) is 2.08. The lowest BCUT2D eigenvalue weighted by Gasteiger charge is -2.15. The zero-order chi connectivity index (χ0) is 18.1. The number of hydrogen-bond acceptors (Lipinski definition) is 2. The number of methoxy groups -OCH3 is 1. The minimum absolute atomic E-state index is 0.0660. The number of amides is 2. The molecule has 2 rings (SSSR count). The average Bonchev–Trinajstić information content (AvgIpc) is 2.60. The van der Waals surface area contributed by atoms with Crippen molar-refractivity contribution in [1.29, 1.82) is 0 Å². The number of carbonyl (C=O) groups is 1. The number of urea groups is 1. The molecule has 0 aliphatic carbocycles. The molecule has 0 saturated heterocycles. The van der Waals surface area contributed by atoms with E-state index in [-0.39, 0.29) is 17.9 Å². The van der Waals surface area contributed by atoms with Gasteiger partial charge >= 0.3 is 6.03 Å². The molecule has 134 valence electrons. The Hall–Kier alpha value is -2.56. The summed E-state index contributed by atoms with van der Waals surface area (Å²) in [6, 6.07) is 14.2. The topological polar surface area (TPSA) is 50.4 Å². The molecule has 0 saturated carbocycles. The second-order valence-corrected chi connectivity index (χ2v) is 6.07. The Morgan fingerprint density at radius 1 is 1.12 bits per heavy atom. The van der Waals surface area contributed by atoms with Gasteiger partial charge in [0.15, 0.2) is 0 Å². The van der Waals surface area contributed by atoms with Gasteiger partial charge < -0.3 is 15.4 Å². The molecule has 0 bridgehead atoms. The first-order valence-corrected chi connectivity index (χ1v) is 8.48. The van der Waals surface area contributed by atoms with Crippen LogP contribution in [0.3, 0.4) is 0 Å². The number of hydrogen-bond donors (Lipinski definition) is 2. The van der Waals surface area contributed by atoms with Crippen molar-refractivity contribution in [3.8, 4) is 5.75 Å². The van der Waals surface area contributed by atoms with Crippen molar-refractivity contribution < 1.29 is 13.9 Å². The van der Waals surface area contributed by atoms with E-state index < -0.39 is 0 Å². The number of ether oxygens (including phenoxy) is 1. The Kier molecular flexibility index (Phi) is 7.26. The first kappa shape index (κ1) is 18.8.